The second kappa shape index (κ2) is 10.4. The van der Waals surface area contributed by atoms with Crippen molar-refractivity contribution in [3.8, 4) is 17.6 Å². The van der Waals surface area contributed by atoms with Gasteiger partial charge < -0.3 is 9.47 Å². The lowest BCUT2D eigenvalue weighted by Crippen LogP contribution is -2.22. The molecule has 1 amide bonds. The molecule has 0 fully saturated rings. The molecule has 3 aromatic carbocycles. The van der Waals surface area contributed by atoms with Crippen LogP contribution in [0.15, 0.2) is 77.4 Å². The molecule has 1 aliphatic rings. The topological polar surface area (TPSA) is 74.9 Å². The van der Waals surface area contributed by atoms with E-state index in [1.807, 2.05) is 34.7 Å². The van der Waals surface area contributed by atoms with Crippen molar-refractivity contribution >= 4 is 46.0 Å². The van der Waals surface area contributed by atoms with E-state index in [9.17, 15) is 18.0 Å². The number of hydrogen-bond acceptors (Lipinski definition) is 5. The van der Waals surface area contributed by atoms with Gasteiger partial charge in [-0.3, -0.25) is 4.79 Å². The lowest BCUT2D eigenvalue weighted by molar-refractivity contribution is -0.137. The number of ether oxygens (including phenoxy) is 2. The fourth-order valence-corrected chi connectivity index (χ4v) is 4.36. The van der Waals surface area contributed by atoms with Crippen LogP contribution in [0.25, 0.3) is 6.08 Å². The number of benzene rings is 3. The predicted octanol–water partition coefficient (Wildman–Crippen LogP) is 6.06. The predicted molar refractivity (Wildman–Crippen MR) is 137 cm³/mol. The number of hydrazone groups is 1. The van der Waals surface area contributed by atoms with Crippen LogP contribution >= 0.6 is 22.6 Å². The first kappa shape index (κ1) is 25.2. The first-order chi connectivity index (χ1) is 17.2. The normalized spacial score (nSPS) is 14.6. The van der Waals surface area contributed by atoms with Crippen molar-refractivity contribution in [2.45, 2.75) is 6.18 Å². The third kappa shape index (κ3) is 5.21. The molecule has 36 heavy (non-hydrogen) atoms. The van der Waals surface area contributed by atoms with Gasteiger partial charge in [-0.1, -0.05) is 36.4 Å². The van der Waals surface area contributed by atoms with Crippen molar-refractivity contribution in [3.05, 3.63) is 92.6 Å². The maximum absolute atomic E-state index is 13.5. The second-order valence-electron chi connectivity index (χ2n) is 7.52. The number of alkyl halides is 3. The summed E-state index contributed by atoms with van der Waals surface area (Å²) in [5, 5.41) is 14.2. The number of amides is 1. The number of halogens is 4. The zero-order valence-electron chi connectivity index (χ0n) is 18.7. The SMILES string of the molecule is COc1cc(/C=C2\C(=O)N(c3cccc(C(F)(F)F)c3)N=C2c2ccccc2)cc(I)c1OCC#N. The van der Waals surface area contributed by atoms with Gasteiger partial charge in [0.25, 0.3) is 5.91 Å². The third-order valence-corrected chi connectivity index (χ3v) is 5.99. The Labute approximate surface area is 218 Å². The first-order valence-electron chi connectivity index (χ1n) is 10.5. The summed E-state index contributed by atoms with van der Waals surface area (Å²) in [7, 11) is 1.45. The maximum atomic E-state index is 13.5. The quantitative estimate of drug-likeness (QED) is 0.254. The van der Waals surface area contributed by atoms with Crippen LogP contribution in [0.2, 0.25) is 0 Å². The molecule has 182 valence electrons. The van der Waals surface area contributed by atoms with Crippen molar-refractivity contribution in [1.29, 1.82) is 5.26 Å². The number of rotatable bonds is 6. The number of methoxy groups -OCH3 is 1. The number of nitrogens with zero attached hydrogens (tertiary/aromatic N) is 3. The largest absolute Gasteiger partial charge is 0.493 e. The van der Waals surface area contributed by atoms with Crippen molar-refractivity contribution in [1.82, 2.24) is 0 Å². The molecule has 0 spiro atoms. The number of carbonyl (C=O) groups excluding carboxylic acids is 1. The van der Waals surface area contributed by atoms with Gasteiger partial charge in [0.2, 0.25) is 0 Å². The van der Waals surface area contributed by atoms with E-state index in [4.69, 9.17) is 14.7 Å². The monoisotopic (exact) mass is 603 g/mol. The molecule has 1 heterocycles. The van der Waals surface area contributed by atoms with Crippen LogP contribution < -0.4 is 14.5 Å². The molecule has 0 saturated heterocycles. The fraction of sp³-hybridized carbons (Fsp3) is 0.115. The molecule has 0 aliphatic carbocycles. The molecule has 1 aliphatic heterocycles. The van der Waals surface area contributed by atoms with Gasteiger partial charge in [-0.15, -0.1) is 0 Å². The molecule has 10 heteroatoms. The highest BCUT2D eigenvalue weighted by Gasteiger charge is 2.35. The lowest BCUT2D eigenvalue weighted by Gasteiger charge is -2.14. The van der Waals surface area contributed by atoms with Gasteiger partial charge in [0.1, 0.15) is 11.8 Å². The van der Waals surface area contributed by atoms with Crippen LogP contribution in [-0.2, 0) is 11.0 Å². The van der Waals surface area contributed by atoms with Crippen LogP contribution in [0.4, 0.5) is 18.9 Å². The molecular weight excluding hydrogens is 586 g/mol. The van der Waals surface area contributed by atoms with E-state index >= 15 is 0 Å². The van der Waals surface area contributed by atoms with Crippen LogP contribution in [0, 0.1) is 14.9 Å². The number of hydrogen-bond donors (Lipinski definition) is 0. The van der Waals surface area contributed by atoms with Crippen molar-refractivity contribution in [2.75, 3.05) is 18.7 Å². The molecular formula is C26H17F3IN3O3. The van der Waals surface area contributed by atoms with Crippen LogP contribution in [-0.4, -0.2) is 25.3 Å². The molecule has 0 radical (unpaired) electrons. The highest BCUT2D eigenvalue weighted by molar-refractivity contribution is 14.1. The third-order valence-electron chi connectivity index (χ3n) is 5.19. The van der Waals surface area contributed by atoms with E-state index in [0.717, 1.165) is 17.1 Å². The highest BCUT2D eigenvalue weighted by Crippen LogP contribution is 2.37. The smallest absolute Gasteiger partial charge is 0.416 e. The summed E-state index contributed by atoms with van der Waals surface area (Å²) in [6.45, 7) is -0.165. The van der Waals surface area contributed by atoms with E-state index in [-0.39, 0.29) is 17.9 Å². The Morgan fingerprint density at radius 2 is 1.86 bits per heavy atom. The van der Waals surface area contributed by atoms with Gasteiger partial charge in [0, 0.05) is 5.56 Å². The molecule has 0 saturated carbocycles. The minimum Gasteiger partial charge on any atom is -0.493 e. The van der Waals surface area contributed by atoms with Crippen molar-refractivity contribution in [2.24, 2.45) is 5.10 Å². The Kier molecular flexibility index (Phi) is 7.30. The Balaban J connectivity index is 1.82. The zero-order valence-corrected chi connectivity index (χ0v) is 20.9. The standard InChI is InChI=1S/C26H17F3IN3O3/c1-35-22-14-16(13-21(30)24(22)36-11-10-31)12-20-23(17-6-3-2-4-7-17)32-33(25(20)34)19-9-5-8-18(15-19)26(27,28)29/h2-9,12-15H,11H2,1H3/b20-12-. The zero-order chi connectivity index (χ0) is 25.9. The molecule has 0 aromatic heterocycles. The summed E-state index contributed by atoms with van der Waals surface area (Å²) < 4.78 is 51.4. The summed E-state index contributed by atoms with van der Waals surface area (Å²) in [4.78, 5) is 13.5. The Bertz CT molecular complexity index is 1410. The van der Waals surface area contributed by atoms with Gasteiger partial charge in [0.15, 0.2) is 18.1 Å². The average molecular weight is 603 g/mol. The van der Waals surface area contributed by atoms with E-state index < -0.39 is 17.6 Å². The Morgan fingerprint density at radius 3 is 2.53 bits per heavy atom. The van der Waals surface area contributed by atoms with Gasteiger partial charge in [-0.25, -0.2) is 0 Å². The van der Waals surface area contributed by atoms with E-state index in [1.165, 1.54) is 19.2 Å². The highest BCUT2D eigenvalue weighted by atomic mass is 127. The van der Waals surface area contributed by atoms with Crippen molar-refractivity contribution in [3.63, 3.8) is 0 Å². The lowest BCUT2D eigenvalue weighted by atomic mass is 10.00. The minimum atomic E-state index is -4.56. The summed E-state index contributed by atoms with van der Waals surface area (Å²) >= 11 is 2.03. The molecule has 0 unspecified atom stereocenters. The first-order valence-corrected chi connectivity index (χ1v) is 11.6. The number of nitriles is 1. The summed E-state index contributed by atoms with van der Waals surface area (Å²) in [6.07, 6.45) is -2.97. The molecule has 0 N–H and O–H groups in total. The van der Waals surface area contributed by atoms with E-state index in [2.05, 4.69) is 5.10 Å². The second-order valence-corrected chi connectivity index (χ2v) is 8.68. The fourth-order valence-electron chi connectivity index (χ4n) is 3.58. The van der Waals surface area contributed by atoms with Crippen LogP contribution in [0.1, 0.15) is 16.7 Å². The molecule has 6 nitrogen and oxygen atoms in total. The molecule has 4 rings (SSSR count). The van der Waals surface area contributed by atoms with Gasteiger partial charge in [0.05, 0.1) is 27.5 Å². The van der Waals surface area contributed by atoms with Gasteiger partial charge in [-0.05, 0) is 64.6 Å². The molecule has 0 atom stereocenters. The summed E-state index contributed by atoms with van der Waals surface area (Å²) in [5.41, 5.74) is 0.840. The van der Waals surface area contributed by atoms with Crippen LogP contribution in [0.3, 0.4) is 0 Å². The number of carbonyl (C=O) groups is 1. The van der Waals surface area contributed by atoms with Gasteiger partial charge >= 0.3 is 6.18 Å². The molecule has 0 bridgehead atoms. The Morgan fingerprint density at radius 1 is 1.11 bits per heavy atom. The van der Waals surface area contributed by atoms with E-state index in [1.54, 1.807) is 42.5 Å². The van der Waals surface area contributed by atoms with Crippen molar-refractivity contribution < 1.29 is 27.4 Å². The average Bonchev–Trinajstić information content (AvgIpc) is 3.19. The summed E-state index contributed by atoms with van der Waals surface area (Å²) in [5.74, 6) is 0.177. The Hall–Kier alpha value is -3.85. The summed E-state index contributed by atoms with van der Waals surface area (Å²) in [6, 6.07) is 18.6. The number of anilines is 1. The van der Waals surface area contributed by atoms with Gasteiger partial charge in [-0.2, -0.15) is 28.5 Å². The maximum Gasteiger partial charge on any atom is 0.416 e. The van der Waals surface area contributed by atoms with Crippen LogP contribution in [0.5, 0.6) is 11.5 Å². The van der Waals surface area contributed by atoms with E-state index in [0.29, 0.717) is 31.9 Å². The minimum absolute atomic E-state index is 0.000862. The molecule has 3 aromatic rings.